The average molecular weight is 344 g/mol. The molecule has 2 aromatic rings. The quantitative estimate of drug-likeness (QED) is 0.834. The molecule has 0 aliphatic rings. The van der Waals surface area contributed by atoms with Crippen LogP contribution in [-0.2, 0) is 16.4 Å². The molecule has 0 heterocycles. The lowest BCUT2D eigenvalue weighted by Crippen LogP contribution is -2.26. The van der Waals surface area contributed by atoms with Crippen molar-refractivity contribution in [2.24, 2.45) is 0 Å². The van der Waals surface area contributed by atoms with Crippen LogP contribution in [0.15, 0.2) is 47.4 Å². The summed E-state index contributed by atoms with van der Waals surface area (Å²) in [7, 11) is -3.74. The van der Waals surface area contributed by atoms with E-state index < -0.39 is 16.0 Å². The van der Waals surface area contributed by atoms with Crippen LogP contribution in [0.2, 0.25) is 0 Å². The van der Waals surface area contributed by atoms with Crippen LogP contribution in [0.3, 0.4) is 0 Å². The number of nitriles is 1. The zero-order valence-electron chi connectivity index (χ0n) is 13.0. The van der Waals surface area contributed by atoms with Crippen LogP contribution >= 0.6 is 0 Å². The number of benzene rings is 2. The second kappa shape index (κ2) is 7.25. The van der Waals surface area contributed by atoms with Crippen LogP contribution in [-0.4, -0.2) is 26.0 Å². The lowest BCUT2D eigenvalue weighted by atomic mass is 10.1. The molecule has 6 nitrogen and oxygen atoms in total. The fourth-order valence-electron chi connectivity index (χ4n) is 2.23. The highest BCUT2D eigenvalue weighted by atomic mass is 32.2. The Morgan fingerprint density at radius 1 is 1.25 bits per heavy atom. The molecule has 0 fully saturated rings. The highest BCUT2D eigenvalue weighted by molar-refractivity contribution is 7.89. The molecule has 0 spiro atoms. The van der Waals surface area contributed by atoms with Gasteiger partial charge in [-0.15, -0.1) is 0 Å². The smallest absolute Gasteiger partial charge is 0.335 e. The molecule has 2 N–H and O–H groups in total. The van der Waals surface area contributed by atoms with Gasteiger partial charge in [-0.2, -0.15) is 5.26 Å². The molecule has 0 bridgehead atoms. The molecule has 0 radical (unpaired) electrons. The molecule has 124 valence electrons. The second-order valence-electron chi connectivity index (χ2n) is 5.25. The van der Waals surface area contributed by atoms with Gasteiger partial charge in [-0.25, -0.2) is 17.9 Å². The molecule has 0 amide bonds. The first kappa shape index (κ1) is 17.7. The molecule has 0 unspecified atom stereocenters. The molecular formula is C17H16N2O4S. The molecule has 2 rings (SSSR count). The summed E-state index contributed by atoms with van der Waals surface area (Å²) in [4.78, 5) is 11.0. The van der Waals surface area contributed by atoms with Crippen molar-refractivity contribution in [3.63, 3.8) is 0 Å². The summed E-state index contributed by atoms with van der Waals surface area (Å²) in [6, 6.07) is 12.7. The minimum absolute atomic E-state index is 0.0702. The van der Waals surface area contributed by atoms with E-state index in [1.807, 2.05) is 6.07 Å². The molecule has 7 heteroatoms. The maximum Gasteiger partial charge on any atom is 0.335 e. The number of hydrogen-bond donors (Lipinski definition) is 2. The van der Waals surface area contributed by atoms with Crippen molar-refractivity contribution in [1.82, 2.24) is 4.72 Å². The van der Waals surface area contributed by atoms with Gasteiger partial charge in [-0.05, 0) is 48.7 Å². The number of carbonyl (C=O) groups is 1. The summed E-state index contributed by atoms with van der Waals surface area (Å²) in [5, 5.41) is 17.9. The normalized spacial score (nSPS) is 11.0. The number of nitrogens with one attached hydrogen (secondary N) is 1. The van der Waals surface area contributed by atoms with Crippen LogP contribution < -0.4 is 4.72 Å². The number of nitrogens with zero attached hydrogens (tertiary/aromatic N) is 1. The molecular weight excluding hydrogens is 328 g/mol. The predicted octanol–water partition coefficient (Wildman–Crippen LogP) is 2.09. The molecule has 0 saturated heterocycles. The number of carboxylic acid groups (broad SMARTS) is 1. The Morgan fingerprint density at radius 2 is 2.00 bits per heavy atom. The summed E-state index contributed by atoms with van der Waals surface area (Å²) in [6.45, 7) is 1.79. The summed E-state index contributed by atoms with van der Waals surface area (Å²) in [5.74, 6) is -1.03. The van der Waals surface area contributed by atoms with E-state index in [-0.39, 0.29) is 22.6 Å². The molecule has 0 aliphatic heterocycles. The summed E-state index contributed by atoms with van der Waals surface area (Å²) in [6.07, 6.45) is 0.358. The minimum Gasteiger partial charge on any atom is -0.478 e. The zero-order chi connectivity index (χ0) is 17.7. The average Bonchev–Trinajstić information content (AvgIpc) is 2.55. The van der Waals surface area contributed by atoms with Crippen molar-refractivity contribution < 1.29 is 18.3 Å². The standard InChI is InChI=1S/C17H16N2O4S/c1-12-5-6-14(11-18)10-16(12)24(22,23)19-8-7-13-3-2-4-15(9-13)17(20)21/h2-6,9-10,19H,7-8H2,1H3,(H,20,21). The third-order valence-corrected chi connectivity index (χ3v) is 5.09. The van der Waals surface area contributed by atoms with Crippen LogP contribution in [0.25, 0.3) is 0 Å². The molecule has 0 aromatic heterocycles. The van der Waals surface area contributed by atoms with E-state index in [4.69, 9.17) is 10.4 Å². The van der Waals surface area contributed by atoms with E-state index in [1.54, 1.807) is 31.2 Å². The van der Waals surface area contributed by atoms with Gasteiger partial charge in [-0.1, -0.05) is 18.2 Å². The Kier molecular flexibility index (Phi) is 5.34. The Bertz CT molecular complexity index is 914. The van der Waals surface area contributed by atoms with Crippen molar-refractivity contribution in [1.29, 1.82) is 5.26 Å². The monoisotopic (exact) mass is 344 g/mol. The van der Waals surface area contributed by atoms with E-state index in [0.29, 0.717) is 12.0 Å². The maximum absolute atomic E-state index is 12.4. The zero-order valence-corrected chi connectivity index (χ0v) is 13.8. The highest BCUT2D eigenvalue weighted by Gasteiger charge is 2.17. The van der Waals surface area contributed by atoms with E-state index in [1.165, 1.54) is 18.2 Å². The second-order valence-corrected chi connectivity index (χ2v) is 6.98. The van der Waals surface area contributed by atoms with Crippen LogP contribution in [0, 0.1) is 18.3 Å². The van der Waals surface area contributed by atoms with Crippen molar-refractivity contribution >= 4 is 16.0 Å². The van der Waals surface area contributed by atoms with Gasteiger partial charge >= 0.3 is 5.97 Å². The Hall–Kier alpha value is -2.69. The first-order valence-corrected chi connectivity index (χ1v) is 8.64. The fourth-order valence-corrected chi connectivity index (χ4v) is 3.53. The molecule has 0 saturated carbocycles. The topological polar surface area (TPSA) is 107 Å². The van der Waals surface area contributed by atoms with Gasteiger partial charge in [0.25, 0.3) is 0 Å². The van der Waals surface area contributed by atoms with Crippen molar-refractivity contribution in [3.05, 3.63) is 64.7 Å². The summed E-state index contributed by atoms with van der Waals surface area (Å²) in [5.41, 5.74) is 1.71. The largest absolute Gasteiger partial charge is 0.478 e. The van der Waals surface area contributed by atoms with Crippen LogP contribution in [0.5, 0.6) is 0 Å². The summed E-state index contributed by atoms with van der Waals surface area (Å²) < 4.78 is 27.2. The van der Waals surface area contributed by atoms with Crippen molar-refractivity contribution in [2.45, 2.75) is 18.2 Å². The van der Waals surface area contributed by atoms with Gasteiger partial charge in [0.05, 0.1) is 22.1 Å². The SMILES string of the molecule is Cc1ccc(C#N)cc1S(=O)(=O)NCCc1cccc(C(=O)O)c1. The number of sulfonamides is 1. The van der Waals surface area contributed by atoms with Gasteiger partial charge in [0.1, 0.15) is 0 Å². The van der Waals surface area contributed by atoms with E-state index in [9.17, 15) is 13.2 Å². The number of carboxylic acids is 1. The Labute approximate surface area is 140 Å². The van der Waals surface area contributed by atoms with E-state index in [0.717, 1.165) is 5.56 Å². The van der Waals surface area contributed by atoms with Gasteiger partial charge in [0.2, 0.25) is 10.0 Å². The molecule has 2 aromatic carbocycles. The van der Waals surface area contributed by atoms with Gasteiger partial charge in [0, 0.05) is 6.54 Å². The van der Waals surface area contributed by atoms with Gasteiger partial charge in [-0.3, -0.25) is 0 Å². The van der Waals surface area contributed by atoms with Crippen LogP contribution in [0.4, 0.5) is 0 Å². The third kappa shape index (κ3) is 4.19. The van der Waals surface area contributed by atoms with Gasteiger partial charge in [0.15, 0.2) is 0 Å². The van der Waals surface area contributed by atoms with E-state index >= 15 is 0 Å². The fraction of sp³-hybridized carbons (Fsp3) is 0.176. The molecule has 0 atom stereocenters. The van der Waals surface area contributed by atoms with Crippen molar-refractivity contribution in [2.75, 3.05) is 6.54 Å². The Balaban J connectivity index is 2.10. The van der Waals surface area contributed by atoms with Crippen molar-refractivity contribution in [3.8, 4) is 6.07 Å². The lowest BCUT2D eigenvalue weighted by molar-refractivity contribution is 0.0696. The number of hydrogen-bond acceptors (Lipinski definition) is 4. The molecule has 0 aliphatic carbocycles. The highest BCUT2D eigenvalue weighted by Crippen LogP contribution is 2.16. The molecule has 24 heavy (non-hydrogen) atoms. The minimum atomic E-state index is -3.74. The summed E-state index contributed by atoms with van der Waals surface area (Å²) >= 11 is 0. The van der Waals surface area contributed by atoms with Crippen LogP contribution in [0.1, 0.15) is 27.0 Å². The first-order chi connectivity index (χ1) is 11.3. The van der Waals surface area contributed by atoms with E-state index in [2.05, 4.69) is 4.72 Å². The first-order valence-electron chi connectivity index (χ1n) is 7.16. The maximum atomic E-state index is 12.4. The predicted molar refractivity (Wildman–Crippen MR) is 88.2 cm³/mol. The number of aryl methyl sites for hydroxylation is 1. The Morgan fingerprint density at radius 3 is 2.67 bits per heavy atom. The lowest BCUT2D eigenvalue weighted by Gasteiger charge is -2.10. The number of aromatic carboxylic acids is 1. The third-order valence-electron chi connectivity index (χ3n) is 3.49. The number of rotatable bonds is 6. The van der Waals surface area contributed by atoms with Gasteiger partial charge < -0.3 is 5.11 Å².